The minimum absolute atomic E-state index is 0.0325. The molecule has 264 valence electrons. The van der Waals surface area contributed by atoms with Crippen molar-refractivity contribution in [1.82, 2.24) is 29.2 Å². The molecule has 3 aromatic heterocycles. The molecule has 0 unspecified atom stereocenters. The lowest BCUT2D eigenvalue weighted by Crippen LogP contribution is -2.41. The van der Waals surface area contributed by atoms with Crippen LogP contribution in [0, 0.1) is 23.1 Å². The molecular weight excluding hydrogens is 669 g/mol. The summed E-state index contributed by atoms with van der Waals surface area (Å²) in [4.78, 5) is 25.2. The molecular formula is C35H39F3N8O3S. The van der Waals surface area contributed by atoms with Crippen LogP contribution in [0.2, 0.25) is 0 Å². The van der Waals surface area contributed by atoms with Crippen LogP contribution >= 0.6 is 0 Å². The van der Waals surface area contributed by atoms with Gasteiger partial charge in [0.2, 0.25) is 0 Å². The molecule has 15 heteroatoms. The molecule has 11 nitrogen and oxygen atoms in total. The first kappa shape index (κ1) is 34.2. The number of hydrogen-bond acceptors (Lipinski definition) is 9. The van der Waals surface area contributed by atoms with Crippen molar-refractivity contribution in [3.05, 3.63) is 81.4 Å². The Hall–Kier alpha value is -4.29. The molecule has 0 saturated carbocycles. The van der Waals surface area contributed by atoms with Gasteiger partial charge >= 0.3 is 0 Å². The second-order valence-corrected chi connectivity index (χ2v) is 16.2. The third kappa shape index (κ3) is 6.28. The molecule has 0 amide bonds. The van der Waals surface area contributed by atoms with E-state index in [9.17, 15) is 18.5 Å². The number of nitrogens with zero attached hydrogens (tertiary/aromatic N) is 7. The molecule has 0 aliphatic carbocycles. The number of aryl methyl sites for hydroxylation is 2. The third-order valence-corrected chi connectivity index (χ3v) is 12.4. The molecule has 1 atom stereocenters. The molecule has 50 heavy (non-hydrogen) atoms. The highest BCUT2D eigenvalue weighted by molar-refractivity contribution is 7.91. The SMILES string of the molecule is C[C@H]1Nc2ncnc3c2cc(C2(C#N)CCS(=O)(=O)CC2)c(=O)n3CCCCn2cc(cn2)CN2CCC(CC2)C(F)(F)c2cccc1c2F. The second-order valence-electron chi connectivity index (χ2n) is 13.9. The van der Waals surface area contributed by atoms with E-state index in [-0.39, 0.29) is 66.3 Å². The number of aromatic nitrogens is 5. The van der Waals surface area contributed by atoms with E-state index in [1.807, 2.05) is 10.9 Å². The number of hydrogen-bond donors (Lipinski definition) is 1. The van der Waals surface area contributed by atoms with E-state index >= 15 is 13.2 Å². The highest BCUT2D eigenvalue weighted by atomic mass is 32.2. The summed E-state index contributed by atoms with van der Waals surface area (Å²) in [6, 6.07) is 7.04. The van der Waals surface area contributed by atoms with Gasteiger partial charge in [-0.1, -0.05) is 18.2 Å². The zero-order chi connectivity index (χ0) is 35.3. The maximum Gasteiger partial charge on any atom is 0.278 e. The minimum atomic E-state index is -3.39. The van der Waals surface area contributed by atoms with Crippen LogP contribution in [0.25, 0.3) is 11.0 Å². The van der Waals surface area contributed by atoms with Gasteiger partial charge in [-0.05, 0) is 64.6 Å². The van der Waals surface area contributed by atoms with Gasteiger partial charge < -0.3 is 5.32 Å². The summed E-state index contributed by atoms with van der Waals surface area (Å²) in [7, 11) is -3.35. The van der Waals surface area contributed by atoms with Gasteiger partial charge in [-0.2, -0.15) is 10.4 Å². The fraction of sp³-hybridized carbons (Fsp3) is 0.514. The fourth-order valence-corrected chi connectivity index (χ4v) is 9.21. The fourth-order valence-electron chi connectivity index (χ4n) is 7.69. The molecule has 1 aromatic carbocycles. The number of alkyl halides is 2. The monoisotopic (exact) mass is 708 g/mol. The van der Waals surface area contributed by atoms with E-state index in [2.05, 4.69) is 31.4 Å². The van der Waals surface area contributed by atoms with Gasteiger partial charge in [-0.15, -0.1) is 0 Å². The number of nitrogens with one attached hydrogen (secondary N) is 1. The molecule has 10 bridgehead atoms. The average Bonchev–Trinajstić information content (AvgIpc) is 3.54. The Bertz CT molecular complexity index is 2120. The molecule has 0 spiro atoms. The van der Waals surface area contributed by atoms with Crippen LogP contribution in [-0.4, -0.2) is 62.2 Å². The normalized spacial score (nSPS) is 24.8. The number of nitriles is 1. The highest BCUT2D eigenvalue weighted by Crippen LogP contribution is 2.44. The van der Waals surface area contributed by atoms with Crippen molar-refractivity contribution < 1.29 is 21.6 Å². The number of fused-ring (bicyclic) bond motifs is 6. The summed E-state index contributed by atoms with van der Waals surface area (Å²) in [5.74, 6) is -5.62. The Balaban J connectivity index is 1.34. The van der Waals surface area contributed by atoms with E-state index in [1.165, 1.54) is 23.0 Å². The predicted molar refractivity (Wildman–Crippen MR) is 181 cm³/mol. The summed E-state index contributed by atoms with van der Waals surface area (Å²) in [6.45, 7) is 3.99. The van der Waals surface area contributed by atoms with Crippen molar-refractivity contribution in [1.29, 1.82) is 5.26 Å². The number of anilines is 1. The van der Waals surface area contributed by atoms with Gasteiger partial charge in [0.15, 0.2) is 0 Å². The number of sulfone groups is 1. The molecule has 4 aliphatic rings. The van der Waals surface area contributed by atoms with E-state index < -0.39 is 50.1 Å². The topological polar surface area (TPSA) is 139 Å². The lowest BCUT2D eigenvalue weighted by molar-refractivity contribution is -0.0885. The lowest BCUT2D eigenvalue weighted by Gasteiger charge is -2.36. The van der Waals surface area contributed by atoms with E-state index in [1.54, 1.807) is 19.2 Å². The molecule has 2 fully saturated rings. The molecule has 8 rings (SSSR count). The zero-order valence-corrected chi connectivity index (χ0v) is 28.6. The molecule has 0 radical (unpaired) electrons. The van der Waals surface area contributed by atoms with Gasteiger partial charge in [-0.25, -0.2) is 31.6 Å². The highest BCUT2D eigenvalue weighted by Gasteiger charge is 2.45. The van der Waals surface area contributed by atoms with Crippen molar-refractivity contribution in [2.45, 2.75) is 82.5 Å². The standard InChI is InChI=1S/C35H39F3N8O3S/c1-23-26-5-4-6-28(30(26)36)35(37,38)25-7-13-44(14-8-25)19-24-18-42-45(20-24)11-2-3-12-46-32-27(31(43-23)40-22-41-32)17-29(33(46)47)34(21-39)9-15-50(48,49)16-10-34/h4-6,17-18,20,22-23,25H,2-3,7-16,19H2,1H3,(H,40,41,43)/t23-/m1/s1. The first-order valence-electron chi connectivity index (χ1n) is 17.1. The van der Waals surface area contributed by atoms with Crippen LogP contribution in [-0.2, 0) is 40.8 Å². The average molecular weight is 709 g/mol. The summed E-state index contributed by atoms with van der Waals surface area (Å²) in [5, 5.41) is 18.5. The maximum absolute atomic E-state index is 16.1. The van der Waals surface area contributed by atoms with Crippen LogP contribution in [0.15, 0.2) is 47.8 Å². The number of pyridine rings is 1. The van der Waals surface area contributed by atoms with Crippen LogP contribution in [0.4, 0.5) is 19.0 Å². The van der Waals surface area contributed by atoms with Crippen LogP contribution < -0.4 is 10.9 Å². The first-order chi connectivity index (χ1) is 23.9. The summed E-state index contributed by atoms with van der Waals surface area (Å²) in [6.07, 6.45) is 6.62. The van der Waals surface area contributed by atoms with Crippen molar-refractivity contribution in [3.63, 3.8) is 0 Å². The van der Waals surface area contributed by atoms with Gasteiger partial charge in [0, 0.05) is 48.4 Å². The summed E-state index contributed by atoms with van der Waals surface area (Å²) in [5.41, 5.74) is -0.992. The molecule has 2 saturated heterocycles. The van der Waals surface area contributed by atoms with Crippen molar-refractivity contribution >= 4 is 26.7 Å². The number of benzene rings is 1. The van der Waals surface area contributed by atoms with Crippen molar-refractivity contribution in [2.75, 3.05) is 29.9 Å². The smallest absolute Gasteiger partial charge is 0.278 e. The number of rotatable bonds is 1. The second kappa shape index (κ2) is 13.1. The van der Waals surface area contributed by atoms with Gasteiger partial charge in [0.1, 0.15) is 33.4 Å². The van der Waals surface area contributed by atoms with Crippen LogP contribution in [0.5, 0.6) is 0 Å². The molecule has 4 aromatic rings. The predicted octanol–water partition coefficient (Wildman–Crippen LogP) is 5.07. The third-order valence-electron chi connectivity index (χ3n) is 10.7. The van der Waals surface area contributed by atoms with Crippen molar-refractivity contribution in [3.8, 4) is 6.07 Å². The van der Waals surface area contributed by atoms with Gasteiger partial charge in [0.25, 0.3) is 11.5 Å². The molecule has 1 N–H and O–H groups in total. The largest absolute Gasteiger partial charge is 0.363 e. The molecule has 7 heterocycles. The Morgan fingerprint density at radius 2 is 1.78 bits per heavy atom. The Labute approximate surface area is 288 Å². The van der Waals surface area contributed by atoms with Gasteiger partial charge in [-0.3, -0.25) is 18.9 Å². The van der Waals surface area contributed by atoms with E-state index in [4.69, 9.17) is 0 Å². The first-order valence-corrected chi connectivity index (χ1v) is 18.9. The minimum Gasteiger partial charge on any atom is -0.363 e. The van der Waals surface area contributed by atoms with E-state index in [0.717, 1.165) is 11.6 Å². The quantitative estimate of drug-likeness (QED) is 0.287. The van der Waals surface area contributed by atoms with Crippen LogP contribution in [0.3, 0.4) is 0 Å². The summed E-state index contributed by atoms with van der Waals surface area (Å²) < 4.78 is 76.3. The van der Waals surface area contributed by atoms with Crippen LogP contribution in [0.1, 0.15) is 73.7 Å². The van der Waals surface area contributed by atoms with E-state index in [0.29, 0.717) is 44.4 Å². The zero-order valence-electron chi connectivity index (χ0n) is 27.8. The Morgan fingerprint density at radius 1 is 1.04 bits per heavy atom. The number of piperidine rings is 1. The van der Waals surface area contributed by atoms with Gasteiger partial charge in [0.05, 0.1) is 46.2 Å². The number of halogens is 3. The Morgan fingerprint density at radius 3 is 2.52 bits per heavy atom. The lowest BCUT2D eigenvalue weighted by atomic mass is 9.77. The van der Waals surface area contributed by atoms with Crippen molar-refractivity contribution in [2.24, 2.45) is 5.92 Å². The summed E-state index contributed by atoms with van der Waals surface area (Å²) >= 11 is 0. The maximum atomic E-state index is 16.1. The Kier molecular flexibility index (Phi) is 8.96. The molecule has 4 aliphatic heterocycles.